The van der Waals surface area contributed by atoms with Gasteiger partial charge in [-0.15, -0.1) is 0 Å². The van der Waals surface area contributed by atoms with Gasteiger partial charge in [-0.2, -0.15) is 0 Å². The van der Waals surface area contributed by atoms with Gasteiger partial charge >= 0.3 is 11.9 Å². The molecule has 3 N–H and O–H groups in total. The van der Waals surface area contributed by atoms with Crippen molar-refractivity contribution in [1.82, 2.24) is 0 Å². The fraction of sp³-hybridized carbons (Fsp3) is 0.778. The number of esters is 2. The summed E-state index contributed by atoms with van der Waals surface area (Å²) in [5.41, 5.74) is -2.75. The first-order valence-electron chi connectivity index (χ1n) is 8.68. The van der Waals surface area contributed by atoms with Gasteiger partial charge in [-0.1, -0.05) is 6.58 Å². The molecule has 7 heteroatoms. The molecule has 25 heavy (non-hydrogen) atoms. The Labute approximate surface area is 146 Å². The molecule has 3 atom stereocenters. The third-order valence-electron chi connectivity index (χ3n) is 5.67. The van der Waals surface area contributed by atoms with E-state index in [9.17, 15) is 24.9 Å². The summed E-state index contributed by atoms with van der Waals surface area (Å²) in [4.78, 5) is 24.3. The molecule has 140 valence electrons. The van der Waals surface area contributed by atoms with Crippen molar-refractivity contribution in [3.05, 3.63) is 12.2 Å². The van der Waals surface area contributed by atoms with E-state index < -0.39 is 41.3 Å². The molecule has 4 rings (SSSR count). The van der Waals surface area contributed by atoms with Crippen LogP contribution in [0.25, 0.3) is 0 Å². The Kier molecular flexibility index (Phi) is 4.46. The quantitative estimate of drug-likeness (QED) is 0.469. The van der Waals surface area contributed by atoms with Crippen LogP contribution >= 0.6 is 0 Å². The molecule has 4 saturated carbocycles. The molecule has 0 aromatic heterocycles. The van der Waals surface area contributed by atoms with Gasteiger partial charge in [-0.05, 0) is 44.9 Å². The van der Waals surface area contributed by atoms with Gasteiger partial charge in [0.15, 0.2) is 6.10 Å². The van der Waals surface area contributed by atoms with Gasteiger partial charge in [0.05, 0.1) is 23.2 Å². The maximum Gasteiger partial charge on any atom is 0.333 e. The first kappa shape index (κ1) is 18.4. The maximum atomic E-state index is 12.7. The van der Waals surface area contributed by atoms with Gasteiger partial charge in [-0.3, -0.25) is 4.79 Å². The molecule has 0 amide bonds. The number of carbonyl (C=O) groups is 2. The number of carbonyl (C=O) groups excluding carboxylic acids is 2. The molecule has 4 aliphatic carbocycles. The van der Waals surface area contributed by atoms with Crippen LogP contribution in [0.1, 0.15) is 45.4 Å². The van der Waals surface area contributed by atoms with E-state index in [2.05, 4.69) is 6.58 Å². The Bertz CT molecular complexity index is 580. The van der Waals surface area contributed by atoms with Crippen LogP contribution in [0.4, 0.5) is 0 Å². The highest BCUT2D eigenvalue weighted by molar-refractivity contribution is 5.87. The Morgan fingerprint density at radius 2 is 1.76 bits per heavy atom. The predicted molar refractivity (Wildman–Crippen MR) is 86.3 cm³/mol. The minimum Gasteiger partial charge on any atom is -0.461 e. The van der Waals surface area contributed by atoms with Crippen molar-refractivity contribution >= 4 is 11.9 Å². The molecule has 0 aromatic rings. The highest BCUT2D eigenvalue weighted by atomic mass is 16.6. The number of rotatable bonds is 6. The summed E-state index contributed by atoms with van der Waals surface area (Å²) in [5.74, 6) is -1.06. The first-order valence-corrected chi connectivity index (χ1v) is 8.68. The first-order chi connectivity index (χ1) is 11.6. The second-order valence-corrected chi connectivity index (χ2v) is 8.33. The van der Waals surface area contributed by atoms with Crippen LogP contribution in [0, 0.1) is 11.3 Å². The van der Waals surface area contributed by atoms with E-state index in [0.29, 0.717) is 25.7 Å². The topological polar surface area (TPSA) is 113 Å². The molecule has 0 spiro atoms. The second kappa shape index (κ2) is 6.07. The van der Waals surface area contributed by atoms with E-state index in [1.807, 2.05) is 0 Å². The van der Waals surface area contributed by atoms with Crippen molar-refractivity contribution in [1.29, 1.82) is 0 Å². The van der Waals surface area contributed by atoms with E-state index in [-0.39, 0.29) is 30.9 Å². The lowest BCUT2D eigenvalue weighted by Crippen LogP contribution is -2.65. The molecule has 0 heterocycles. The van der Waals surface area contributed by atoms with Crippen molar-refractivity contribution < 1.29 is 34.4 Å². The average molecular weight is 354 g/mol. The second-order valence-electron chi connectivity index (χ2n) is 8.33. The standard InChI is InChI=1S/C18H26O7/c1-11(2)14(20)25-13(6-19)7-24-15(21)16-3-12-4-17(22,8-16)10-18(23,5-12)9-16/h12-13,19,22-23H,1,3-10H2,2H3. The van der Waals surface area contributed by atoms with Crippen LogP contribution in [0.2, 0.25) is 0 Å². The molecule has 0 aromatic carbocycles. The van der Waals surface area contributed by atoms with Crippen LogP contribution < -0.4 is 0 Å². The van der Waals surface area contributed by atoms with Crippen molar-refractivity contribution in [3.63, 3.8) is 0 Å². The summed E-state index contributed by atoms with van der Waals surface area (Å²) in [6.45, 7) is 4.20. The van der Waals surface area contributed by atoms with Crippen LogP contribution in [-0.4, -0.2) is 57.8 Å². The zero-order valence-corrected chi connectivity index (χ0v) is 14.5. The van der Waals surface area contributed by atoms with Gasteiger partial charge in [-0.25, -0.2) is 4.79 Å². The van der Waals surface area contributed by atoms with Crippen LogP contribution in [0.5, 0.6) is 0 Å². The normalized spacial score (nSPS) is 39.8. The summed E-state index contributed by atoms with van der Waals surface area (Å²) in [5, 5.41) is 30.7. The maximum absolute atomic E-state index is 12.7. The Morgan fingerprint density at radius 1 is 1.16 bits per heavy atom. The minimum absolute atomic E-state index is 0.105. The number of hydrogen-bond donors (Lipinski definition) is 3. The van der Waals surface area contributed by atoms with Crippen molar-refractivity contribution in [2.75, 3.05) is 13.2 Å². The van der Waals surface area contributed by atoms with Gasteiger partial charge in [0, 0.05) is 12.0 Å². The molecule has 4 aliphatic rings. The Hall–Kier alpha value is -1.44. The van der Waals surface area contributed by atoms with Gasteiger partial charge in [0.2, 0.25) is 0 Å². The lowest BCUT2D eigenvalue weighted by atomic mass is 9.46. The third kappa shape index (κ3) is 3.45. The largest absolute Gasteiger partial charge is 0.461 e. The lowest BCUT2D eigenvalue weighted by molar-refractivity contribution is -0.238. The summed E-state index contributed by atoms with van der Waals surface area (Å²) in [7, 11) is 0. The number of ether oxygens (including phenoxy) is 2. The lowest BCUT2D eigenvalue weighted by Gasteiger charge is -2.61. The van der Waals surface area contributed by atoms with Crippen molar-refractivity contribution in [2.24, 2.45) is 11.3 Å². The molecular formula is C18H26O7. The molecule has 3 unspecified atom stereocenters. The molecule has 0 radical (unpaired) electrons. The van der Waals surface area contributed by atoms with Crippen molar-refractivity contribution in [3.8, 4) is 0 Å². The third-order valence-corrected chi connectivity index (χ3v) is 5.67. The van der Waals surface area contributed by atoms with Gasteiger partial charge in [0.25, 0.3) is 0 Å². The zero-order valence-electron chi connectivity index (χ0n) is 14.5. The predicted octanol–water partition coefficient (Wildman–Crippen LogP) is 0.456. The smallest absolute Gasteiger partial charge is 0.333 e. The molecule has 0 aliphatic heterocycles. The van der Waals surface area contributed by atoms with E-state index in [1.54, 1.807) is 0 Å². The number of hydrogen-bond acceptors (Lipinski definition) is 7. The molecule has 4 bridgehead atoms. The SMILES string of the molecule is C=C(C)C(=O)OC(CO)COC(=O)C12CC3CC(O)(CC(O)(C3)C1)C2. The monoisotopic (exact) mass is 354 g/mol. The molecule has 4 fully saturated rings. The van der Waals surface area contributed by atoms with E-state index >= 15 is 0 Å². The highest BCUT2D eigenvalue weighted by Crippen LogP contribution is 2.63. The Morgan fingerprint density at radius 3 is 2.24 bits per heavy atom. The van der Waals surface area contributed by atoms with Gasteiger partial charge < -0.3 is 24.8 Å². The van der Waals surface area contributed by atoms with E-state index in [1.165, 1.54) is 6.92 Å². The zero-order chi connectivity index (χ0) is 18.5. The number of aliphatic hydroxyl groups is 3. The summed E-state index contributed by atoms with van der Waals surface area (Å²) >= 11 is 0. The number of aliphatic hydroxyl groups excluding tert-OH is 1. The van der Waals surface area contributed by atoms with E-state index in [4.69, 9.17) is 9.47 Å². The molecular weight excluding hydrogens is 328 g/mol. The van der Waals surface area contributed by atoms with Crippen LogP contribution in [0.3, 0.4) is 0 Å². The van der Waals surface area contributed by atoms with E-state index in [0.717, 1.165) is 0 Å². The fourth-order valence-corrected chi connectivity index (χ4v) is 5.26. The van der Waals surface area contributed by atoms with Crippen molar-refractivity contribution in [2.45, 2.75) is 62.8 Å². The summed E-state index contributed by atoms with van der Waals surface area (Å²) in [6.07, 6.45) is 1.72. The Balaban J connectivity index is 1.65. The molecule has 0 saturated heterocycles. The summed E-state index contributed by atoms with van der Waals surface area (Å²) in [6, 6.07) is 0. The summed E-state index contributed by atoms with van der Waals surface area (Å²) < 4.78 is 10.3. The minimum atomic E-state index is -1.02. The molecule has 7 nitrogen and oxygen atoms in total. The van der Waals surface area contributed by atoms with Gasteiger partial charge in [0.1, 0.15) is 6.61 Å². The highest BCUT2D eigenvalue weighted by Gasteiger charge is 2.65. The van der Waals surface area contributed by atoms with Crippen LogP contribution in [0.15, 0.2) is 12.2 Å². The van der Waals surface area contributed by atoms with Crippen LogP contribution in [-0.2, 0) is 19.1 Å². The average Bonchev–Trinajstić information content (AvgIpc) is 2.46. The fourth-order valence-electron chi connectivity index (χ4n) is 5.26.